The number of aliphatic hydroxyl groups is 1. The monoisotopic (exact) mass is 501 g/mol. The molecule has 1 amide bonds. The fourth-order valence-corrected chi connectivity index (χ4v) is 5.89. The summed E-state index contributed by atoms with van der Waals surface area (Å²) in [7, 11) is 0. The van der Waals surface area contributed by atoms with Crippen molar-refractivity contribution in [1.82, 2.24) is 14.6 Å². The van der Waals surface area contributed by atoms with Crippen molar-refractivity contribution in [3.05, 3.63) is 53.1 Å². The predicted molar refractivity (Wildman–Crippen MR) is 130 cm³/mol. The lowest BCUT2D eigenvalue weighted by Gasteiger charge is -2.38. The van der Waals surface area contributed by atoms with Crippen LogP contribution in [0.5, 0.6) is 0 Å². The molecule has 3 atom stereocenters. The molecule has 3 heterocycles. The first-order valence-corrected chi connectivity index (χ1v) is 12.2. The third-order valence-electron chi connectivity index (χ3n) is 7.93. The molecule has 1 saturated carbocycles. The molecule has 7 nitrogen and oxygen atoms in total. The van der Waals surface area contributed by atoms with Gasteiger partial charge in [-0.15, -0.1) is 0 Å². The topological polar surface area (TPSA) is 82.8 Å². The number of carbonyl (C=O) groups is 1. The van der Waals surface area contributed by atoms with Gasteiger partial charge in [-0.1, -0.05) is 6.92 Å². The van der Waals surface area contributed by atoms with Crippen LogP contribution < -0.4 is 10.2 Å². The Morgan fingerprint density at radius 2 is 2.06 bits per heavy atom. The molecular formula is C26H30F3N5O2. The molecular weight excluding hydrogens is 471 g/mol. The molecule has 5 rings (SSSR count). The Morgan fingerprint density at radius 1 is 1.28 bits per heavy atom. The fourth-order valence-electron chi connectivity index (χ4n) is 5.89. The van der Waals surface area contributed by atoms with E-state index in [0.29, 0.717) is 49.4 Å². The van der Waals surface area contributed by atoms with Crippen molar-refractivity contribution in [2.45, 2.75) is 70.9 Å². The highest BCUT2D eigenvalue weighted by molar-refractivity contribution is 5.98. The van der Waals surface area contributed by atoms with Crippen LogP contribution in [0.1, 0.15) is 69.1 Å². The first kappa shape index (κ1) is 24.5. The second-order valence-electron chi connectivity index (χ2n) is 10.5. The maximum absolute atomic E-state index is 14.4. The molecule has 0 spiro atoms. The second-order valence-corrected chi connectivity index (χ2v) is 10.5. The van der Waals surface area contributed by atoms with E-state index in [-0.39, 0.29) is 22.6 Å². The van der Waals surface area contributed by atoms with Gasteiger partial charge in [-0.2, -0.15) is 5.10 Å². The third kappa shape index (κ3) is 4.01. The van der Waals surface area contributed by atoms with E-state index in [1.165, 1.54) is 23.7 Å². The lowest BCUT2D eigenvalue weighted by molar-refractivity contribution is -0.124. The van der Waals surface area contributed by atoms with Crippen LogP contribution in [0.25, 0.3) is 5.65 Å². The highest BCUT2D eigenvalue weighted by Crippen LogP contribution is 2.45. The molecule has 2 N–H and O–H groups in total. The van der Waals surface area contributed by atoms with Crippen LogP contribution in [0.15, 0.2) is 30.6 Å². The summed E-state index contributed by atoms with van der Waals surface area (Å²) in [6.07, 6.45) is 2.84. The molecule has 1 aliphatic carbocycles. The largest absolute Gasteiger partial charge is 0.393 e. The van der Waals surface area contributed by atoms with Crippen LogP contribution in [-0.4, -0.2) is 38.3 Å². The Bertz CT molecular complexity index is 1330. The number of nitrogens with zero attached hydrogens (tertiary/aromatic N) is 4. The molecule has 1 saturated heterocycles. The van der Waals surface area contributed by atoms with E-state index >= 15 is 0 Å². The summed E-state index contributed by atoms with van der Waals surface area (Å²) >= 11 is 0. The number of anilines is 2. The molecule has 0 radical (unpaired) electrons. The number of nitrogens with one attached hydrogen (secondary N) is 1. The standard InChI is InChI=1S/C26H30F3N5O2/c1-15-11-16(27)12-18(21(15)22(28)29)26(3)7-4-9-33(26)20-6-10-34-23(32-20)19(14-30-34)31-24(36)25(2)8-5-17(35)13-25/h6,10-12,14,17,22,35H,4-5,7-9,13H2,1-3H3,(H,31,36)/t17-,25?,26?/m0/s1. The number of alkyl halides is 2. The van der Waals surface area contributed by atoms with Gasteiger partial charge in [0.1, 0.15) is 17.3 Å². The van der Waals surface area contributed by atoms with Crippen molar-refractivity contribution in [2.75, 3.05) is 16.8 Å². The number of aliphatic hydroxyl groups excluding tert-OH is 1. The Labute approximate surface area is 207 Å². The van der Waals surface area contributed by atoms with Crippen LogP contribution in [-0.2, 0) is 10.3 Å². The highest BCUT2D eigenvalue weighted by atomic mass is 19.3. The van der Waals surface area contributed by atoms with Gasteiger partial charge >= 0.3 is 0 Å². The van der Waals surface area contributed by atoms with Crippen molar-refractivity contribution < 1.29 is 23.1 Å². The van der Waals surface area contributed by atoms with Crippen molar-refractivity contribution in [1.29, 1.82) is 0 Å². The summed E-state index contributed by atoms with van der Waals surface area (Å²) < 4.78 is 44.1. The summed E-state index contributed by atoms with van der Waals surface area (Å²) in [4.78, 5) is 19.7. The predicted octanol–water partition coefficient (Wildman–Crippen LogP) is 5.12. The minimum absolute atomic E-state index is 0.142. The first-order chi connectivity index (χ1) is 17.0. The zero-order valence-electron chi connectivity index (χ0n) is 20.6. The van der Waals surface area contributed by atoms with E-state index in [4.69, 9.17) is 4.98 Å². The average molecular weight is 502 g/mol. The van der Waals surface area contributed by atoms with Gasteiger partial charge in [0.25, 0.3) is 6.43 Å². The van der Waals surface area contributed by atoms with Gasteiger partial charge in [-0.05, 0) is 75.3 Å². The summed E-state index contributed by atoms with van der Waals surface area (Å²) in [5, 5.41) is 17.1. The number of aromatic nitrogens is 3. The van der Waals surface area contributed by atoms with Gasteiger partial charge in [-0.25, -0.2) is 22.7 Å². The van der Waals surface area contributed by atoms with Gasteiger partial charge in [-0.3, -0.25) is 4.79 Å². The number of halogens is 3. The van der Waals surface area contributed by atoms with Gasteiger partial charge < -0.3 is 15.3 Å². The van der Waals surface area contributed by atoms with E-state index in [1.54, 1.807) is 12.3 Å². The molecule has 2 fully saturated rings. The van der Waals surface area contributed by atoms with E-state index in [2.05, 4.69) is 10.4 Å². The van der Waals surface area contributed by atoms with E-state index in [1.807, 2.05) is 18.7 Å². The molecule has 1 aliphatic heterocycles. The number of hydrogen-bond donors (Lipinski definition) is 2. The molecule has 0 bridgehead atoms. The van der Waals surface area contributed by atoms with Gasteiger partial charge in [0.05, 0.1) is 17.8 Å². The van der Waals surface area contributed by atoms with Crippen molar-refractivity contribution in [3.63, 3.8) is 0 Å². The molecule has 2 aliphatic rings. The molecule has 2 aromatic heterocycles. The number of amides is 1. The quantitative estimate of drug-likeness (QED) is 0.507. The minimum atomic E-state index is -2.73. The lowest BCUT2D eigenvalue weighted by Crippen LogP contribution is -2.40. The molecule has 36 heavy (non-hydrogen) atoms. The van der Waals surface area contributed by atoms with Gasteiger partial charge in [0, 0.05) is 23.7 Å². The minimum Gasteiger partial charge on any atom is -0.393 e. The number of benzene rings is 1. The SMILES string of the molecule is Cc1cc(F)cc(C2(C)CCCN2c2ccn3ncc(NC(=O)C4(C)CC[C@H](O)C4)c3n2)c1C(F)F. The third-order valence-corrected chi connectivity index (χ3v) is 7.93. The van der Waals surface area contributed by atoms with E-state index in [0.717, 1.165) is 12.5 Å². The maximum Gasteiger partial charge on any atom is 0.264 e. The summed E-state index contributed by atoms with van der Waals surface area (Å²) in [6.45, 7) is 5.74. The number of hydrogen-bond acceptors (Lipinski definition) is 5. The summed E-state index contributed by atoms with van der Waals surface area (Å²) in [5.74, 6) is -0.221. The second kappa shape index (κ2) is 8.76. The Hall–Kier alpha value is -3.14. The van der Waals surface area contributed by atoms with Crippen LogP contribution in [0, 0.1) is 18.2 Å². The Balaban J connectivity index is 1.52. The molecule has 2 unspecified atom stereocenters. The fraction of sp³-hybridized carbons (Fsp3) is 0.500. The summed E-state index contributed by atoms with van der Waals surface area (Å²) in [6, 6.07) is 4.10. The van der Waals surface area contributed by atoms with Crippen molar-refractivity contribution in [2.24, 2.45) is 5.41 Å². The number of rotatable bonds is 5. The Kier molecular flexibility index (Phi) is 5.97. The van der Waals surface area contributed by atoms with Crippen LogP contribution in [0.3, 0.4) is 0 Å². The first-order valence-electron chi connectivity index (χ1n) is 12.2. The highest BCUT2D eigenvalue weighted by Gasteiger charge is 2.43. The normalized spacial score (nSPS) is 26.3. The van der Waals surface area contributed by atoms with Crippen LogP contribution >= 0.6 is 0 Å². The number of carbonyl (C=O) groups excluding carboxylic acids is 1. The number of aryl methyl sites for hydroxylation is 1. The molecule has 3 aromatic rings. The van der Waals surface area contributed by atoms with Crippen molar-refractivity contribution in [3.8, 4) is 0 Å². The van der Waals surface area contributed by atoms with Gasteiger partial charge in [0.15, 0.2) is 5.65 Å². The van der Waals surface area contributed by atoms with Crippen LogP contribution in [0.2, 0.25) is 0 Å². The lowest BCUT2D eigenvalue weighted by atomic mass is 9.84. The number of fused-ring (bicyclic) bond motifs is 1. The maximum atomic E-state index is 14.4. The zero-order valence-corrected chi connectivity index (χ0v) is 20.6. The van der Waals surface area contributed by atoms with Crippen LogP contribution in [0.4, 0.5) is 24.7 Å². The smallest absolute Gasteiger partial charge is 0.264 e. The van der Waals surface area contributed by atoms with Crippen molar-refractivity contribution >= 4 is 23.1 Å². The Morgan fingerprint density at radius 3 is 2.75 bits per heavy atom. The summed E-state index contributed by atoms with van der Waals surface area (Å²) in [5.41, 5.74) is -0.370. The molecule has 1 aromatic carbocycles. The van der Waals surface area contributed by atoms with Gasteiger partial charge in [0.2, 0.25) is 5.91 Å². The van der Waals surface area contributed by atoms with E-state index in [9.17, 15) is 23.1 Å². The molecule has 10 heteroatoms. The average Bonchev–Trinajstić information content (AvgIpc) is 3.50. The molecule has 192 valence electrons. The van der Waals surface area contributed by atoms with E-state index < -0.39 is 29.3 Å². The zero-order chi connectivity index (χ0) is 25.8.